The van der Waals surface area contributed by atoms with Gasteiger partial charge in [-0.1, -0.05) is 11.6 Å². The number of anilines is 1. The zero-order valence-electron chi connectivity index (χ0n) is 12.0. The van der Waals surface area contributed by atoms with Crippen molar-refractivity contribution in [3.63, 3.8) is 0 Å². The number of benzene rings is 2. The highest BCUT2D eigenvalue weighted by molar-refractivity contribution is 7.95. The molecule has 1 N–H and O–H groups in total. The molecule has 0 amide bonds. The van der Waals surface area contributed by atoms with Crippen LogP contribution in [0, 0.1) is 21.4 Å². The monoisotopic (exact) mass is 363 g/mol. The third-order valence-corrected chi connectivity index (χ3v) is 4.90. The number of nitrogens with zero attached hydrogens (tertiary/aromatic N) is 2. The van der Waals surface area contributed by atoms with Crippen LogP contribution in [-0.2, 0) is 9.84 Å². The Bertz CT molecular complexity index is 930. The van der Waals surface area contributed by atoms with E-state index in [2.05, 4.69) is 5.32 Å². The molecule has 2 aromatic carbocycles. The lowest BCUT2D eigenvalue weighted by atomic mass is 10.3. The van der Waals surface area contributed by atoms with Crippen molar-refractivity contribution >= 4 is 32.8 Å². The lowest BCUT2D eigenvalue weighted by molar-refractivity contribution is -0.384. The van der Waals surface area contributed by atoms with E-state index in [1.54, 1.807) is 6.07 Å². The van der Waals surface area contributed by atoms with Gasteiger partial charge in [-0.25, -0.2) is 8.42 Å². The largest absolute Gasteiger partial charge is 0.360 e. The average molecular weight is 364 g/mol. The number of nitrogens with one attached hydrogen (secondary N) is 1. The molecule has 2 rings (SSSR count). The fourth-order valence-corrected chi connectivity index (χ4v) is 2.95. The molecule has 0 aliphatic heterocycles. The smallest absolute Gasteiger partial charge is 0.269 e. The standard InChI is InChI=1S/C15H10ClN3O4S/c16-11-1-7-14(8-2-11)24(22,23)15(9-17)10-18-12-3-5-13(6-4-12)19(20)21/h1-8,10,18H/b15-10+. The van der Waals surface area contributed by atoms with Crippen LogP contribution in [0.3, 0.4) is 0 Å². The van der Waals surface area contributed by atoms with Crippen LogP contribution in [0.2, 0.25) is 5.02 Å². The minimum atomic E-state index is -3.99. The second-order valence-electron chi connectivity index (χ2n) is 4.53. The predicted octanol–water partition coefficient (Wildman–Crippen LogP) is 3.50. The summed E-state index contributed by atoms with van der Waals surface area (Å²) in [4.78, 5) is 9.47. The summed E-state index contributed by atoms with van der Waals surface area (Å²) in [6, 6.07) is 12.4. The molecular weight excluding hydrogens is 354 g/mol. The van der Waals surface area contributed by atoms with Gasteiger partial charge in [-0.2, -0.15) is 5.26 Å². The number of allylic oxidation sites excluding steroid dienone is 1. The molecule has 0 aliphatic carbocycles. The minimum Gasteiger partial charge on any atom is -0.360 e. The van der Waals surface area contributed by atoms with Crippen LogP contribution in [0.25, 0.3) is 0 Å². The Hall–Kier alpha value is -2.89. The van der Waals surface area contributed by atoms with Crippen molar-refractivity contribution in [1.29, 1.82) is 5.26 Å². The summed E-state index contributed by atoms with van der Waals surface area (Å²) in [5.74, 6) is 0. The van der Waals surface area contributed by atoms with E-state index in [1.165, 1.54) is 48.5 Å². The highest BCUT2D eigenvalue weighted by Gasteiger charge is 2.20. The molecule has 0 unspecified atom stereocenters. The Kier molecular flexibility index (Phi) is 5.18. The SMILES string of the molecule is N#C/C(=C\Nc1ccc([N+](=O)[O-])cc1)S(=O)(=O)c1ccc(Cl)cc1. The number of nitro benzene ring substituents is 1. The minimum absolute atomic E-state index is 0.0646. The zero-order chi connectivity index (χ0) is 17.7. The van der Waals surface area contributed by atoms with E-state index >= 15 is 0 Å². The first-order valence-electron chi connectivity index (χ1n) is 6.46. The van der Waals surface area contributed by atoms with E-state index in [0.717, 1.165) is 6.20 Å². The maximum absolute atomic E-state index is 12.4. The van der Waals surface area contributed by atoms with E-state index in [4.69, 9.17) is 16.9 Å². The Labute approximate surface area is 142 Å². The number of rotatable bonds is 5. The summed E-state index contributed by atoms with van der Waals surface area (Å²) in [5, 5.41) is 22.7. The highest BCUT2D eigenvalue weighted by atomic mass is 35.5. The highest BCUT2D eigenvalue weighted by Crippen LogP contribution is 2.22. The Morgan fingerprint density at radius 3 is 2.25 bits per heavy atom. The van der Waals surface area contributed by atoms with Crippen molar-refractivity contribution in [3.8, 4) is 6.07 Å². The van der Waals surface area contributed by atoms with Crippen molar-refractivity contribution < 1.29 is 13.3 Å². The van der Waals surface area contributed by atoms with Crippen LogP contribution in [-0.4, -0.2) is 13.3 Å². The molecule has 0 saturated carbocycles. The molecule has 0 radical (unpaired) electrons. The van der Waals surface area contributed by atoms with Crippen molar-refractivity contribution in [3.05, 3.63) is 74.8 Å². The first-order chi connectivity index (χ1) is 11.3. The number of nitriles is 1. The van der Waals surface area contributed by atoms with Crippen LogP contribution in [0.15, 0.2) is 64.5 Å². The van der Waals surface area contributed by atoms with Crippen molar-refractivity contribution in [2.75, 3.05) is 5.32 Å². The quantitative estimate of drug-likeness (QED) is 0.494. The summed E-state index contributed by atoms with van der Waals surface area (Å²) in [6.45, 7) is 0. The molecular formula is C15H10ClN3O4S. The molecule has 24 heavy (non-hydrogen) atoms. The summed E-state index contributed by atoms with van der Waals surface area (Å²) in [5.41, 5.74) is 0.304. The lowest BCUT2D eigenvalue weighted by Gasteiger charge is -2.05. The van der Waals surface area contributed by atoms with Crippen LogP contribution in [0.1, 0.15) is 0 Å². The fraction of sp³-hybridized carbons (Fsp3) is 0. The fourth-order valence-electron chi connectivity index (χ4n) is 1.74. The Balaban J connectivity index is 2.27. The van der Waals surface area contributed by atoms with Crippen LogP contribution in [0.5, 0.6) is 0 Å². The molecule has 0 fully saturated rings. The predicted molar refractivity (Wildman–Crippen MR) is 89.1 cm³/mol. The number of sulfone groups is 1. The van der Waals surface area contributed by atoms with Gasteiger partial charge < -0.3 is 5.32 Å². The number of non-ortho nitro benzene ring substituents is 1. The van der Waals surface area contributed by atoms with E-state index < -0.39 is 19.7 Å². The second-order valence-corrected chi connectivity index (χ2v) is 6.88. The zero-order valence-corrected chi connectivity index (χ0v) is 13.6. The van der Waals surface area contributed by atoms with Crippen LogP contribution < -0.4 is 5.32 Å². The topological polar surface area (TPSA) is 113 Å². The Morgan fingerprint density at radius 2 is 1.75 bits per heavy atom. The van der Waals surface area contributed by atoms with E-state index in [-0.39, 0.29) is 10.6 Å². The van der Waals surface area contributed by atoms with Gasteiger partial charge in [0.2, 0.25) is 9.84 Å². The summed E-state index contributed by atoms with van der Waals surface area (Å²) >= 11 is 5.72. The Morgan fingerprint density at radius 1 is 1.17 bits per heavy atom. The third-order valence-electron chi connectivity index (χ3n) is 2.97. The first kappa shape index (κ1) is 17.5. The number of hydrogen-bond donors (Lipinski definition) is 1. The van der Waals surface area contributed by atoms with Gasteiger partial charge in [0, 0.05) is 29.0 Å². The van der Waals surface area contributed by atoms with Crippen LogP contribution >= 0.6 is 11.6 Å². The van der Waals surface area contributed by atoms with Crippen molar-refractivity contribution in [2.45, 2.75) is 4.90 Å². The van der Waals surface area contributed by atoms with Gasteiger partial charge in [-0.05, 0) is 36.4 Å². The van der Waals surface area contributed by atoms with E-state index in [9.17, 15) is 18.5 Å². The van der Waals surface area contributed by atoms with Crippen molar-refractivity contribution in [2.24, 2.45) is 0 Å². The molecule has 9 heteroatoms. The van der Waals surface area contributed by atoms with E-state index in [0.29, 0.717) is 10.7 Å². The second kappa shape index (κ2) is 7.12. The maximum atomic E-state index is 12.4. The molecule has 122 valence electrons. The van der Waals surface area contributed by atoms with Gasteiger partial charge in [-0.15, -0.1) is 0 Å². The van der Waals surface area contributed by atoms with Gasteiger partial charge in [0.1, 0.15) is 6.07 Å². The molecule has 0 atom stereocenters. The molecule has 0 bridgehead atoms. The number of hydrogen-bond acceptors (Lipinski definition) is 6. The lowest BCUT2D eigenvalue weighted by Crippen LogP contribution is -2.05. The molecule has 0 heterocycles. The number of halogens is 1. The maximum Gasteiger partial charge on any atom is 0.269 e. The molecule has 7 nitrogen and oxygen atoms in total. The van der Waals surface area contributed by atoms with Crippen molar-refractivity contribution in [1.82, 2.24) is 0 Å². The molecule has 0 aromatic heterocycles. The average Bonchev–Trinajstić information content (AvgIpc) is 2.56. The van der Waals surface area contributed by atoms with Gasteiger partial charge in [-0.3, -0.25) is 10.1 Å². The summed E-state index contributed by atoms with van der Waals surface area (Å²) < 4.78 is 24.8. The summed E-state index contributed by atoms with van der Waals surface area (Å²) in [6.07, 6.45) is 1.03. The van der Waals surface area contributed by atoms with Gasteiger partial charge in [0.15, 0.2) is 4.91 Å². The first-order valence-corrected chi connectivity index (χ1v) is 8.32. The molecule has 0 spiro atoms. The van der Waals surface area contributed by atoms with Gasteiger partial charge in [0.25, 0.3) is 5.69 Å². The van der Waals surface area contributed by atoms with Gasteiger partial charge >= 0.3 is 0 Å². The van der Waals surface area contributed by atoms with E-state index in [1.807, 2.05) is 0 Å². The number of nitro groups is 1. The third kappa shape index (κ3) is 3.90. The molecule has 2 aromatic rings. The molecule has 0 saturated heterocycles. The normalized spacial score (nSPS) is 11.6. The van der Waals surface area contributed by atoms with Crippen LogP contribution in [0.4, 0.5) is 11.4 Å². The van der Waals surface area contributed by atoms with Gasteiger partial charge in [0.05, 0.1) is 9.82 Å². The summed E-state index contributed by atoms with van der Waals surface area (Å²) in [7, 11) is -3.99. The molecule has 0 aliphatic rings.